The Hall–Kier alpha value is -6.16. The highest BCUT2D eigenvalue weighted by Crippen LogP contribution is 2.45. The van der Waals surface area contributed by atoms with Crippen molar-refractivity contribution >= 4 is 81.3 Å². The van der Waals surface area contributed by atoms with Crippen LogP contribution in [0.25, 0.3) is 75.1 Å². The van der Waals surface area contributed by atoms with Crippen molar-refractivity contribution in [3.05, 3.63) is 176 Å². The average molecular weight is 644 g/mol. The lowest BCUT2D eigenvalue weighted by atomic mass is 9.96. The van der Waals surface area contributed by atoms with E-state index >= 15 is 0 Å². The zero-order chi connectivity index (χ0) is 32.3. The van der Waals surface area contributed by atoms with Crippen molar-refractivity contribution in [3.8, 4) is 22.3 Å². The summed E-state index contributed by atoms with van der Waals surface area (Å²) < 4.78 is 8.96. The summed E-state index contributed by atoms with van der Waals surface area (Å²) in [6.45, 7) is 0. The molecule has 2 heterocycles. The van der Waals surface area contributed by atoms with E-state index in [0.717, 1.165) is 50.1 Å². The fraction of sp³-hybridized carbons (Fsp3) is 0. The van der Waals surface area contributed by atoms with E-state index in [2.05, 4.69) is 169 Å². The van der Waals surface area contributed by atoms with Gasteiger partial charge in [-0.25, -0.2) is 0 Å². The molecule has 2 nitrogen and oxygen atoms in total. The zero-order valence-corrected chi connectivity index (χ0v) is 27.3. The second kappa shape index (κ2) is 11.2. The zero-order valence-electron chi connectivity index (χ0n) is 26.5. The highest BCUT2D eigenvalue weighted by atomic mass is 32.1. The van der Waals surface area contributed by atoms with Gasteiger partial charge in [-0.1, -0.05) is 121 Å². The molecule has 0 saturated heterocycles. The Bertz CT molecular complexity index is 2840. The summed E-state index contributed by atoms with van der Waals surface area (Å²) in [5.74, 6) is 0. The van der Waals surface area contributed by atoms with Crippen LogP contribution in [0.1, 0.15) is 0 Å². The molecular formula is C46H29NOS. The van der Waals surface area contributed by atoms with Gasteiger partial charge in [0.2, 0.25) is 0 Å². The number of anilines is 3. The quantitative estimate of drug-likeness (QED) is 0.186. The molecule has 3 heteroatoms. The number of hydrogen-bond acceptors (Lipinski definition) is 3. The molecule has 0 radical (unpaired) electrons. The Balaban J connectivity index is 1.14. The van der Waals surface area contributed by atoms with E-state index in [0.29, 0.717) is 0 Å². The van der Waals surface area contributed by atoms with Gasteiger partial charge in [0.25, 0.3) is 0 Å². The third kappa shape index (κ3) is 4.62. The van der Waals surface area contributed by atoms with E-state index < -0.39 is 0 Å². The number of fused-ring (bicyclic) bond motifs is 7. The number of nitrogens with zero attached hydrogens (tertiary/aromatic N) is 1. The van der Waals surface area contributed by atoms with Crippen LogP contribution in [0.2, 0.25) is 0 Å². The third-order valence-corrected chi connectivity index (χ3v) is 10.8. The largest absolute Gasteiger partial charge is 0.456 e. The maximum Gasteiger partial charge on any atom is 0.136 e. The van der Waals surface area contributed by atoms with Crippen molar-refractivity contribution in [1.82, 2.24) is 0 Å². The third-order valence-electron chi connectivity index (χ3n) is 9.67. The summed E-state index contributed by atoms with van der Waals surface area (Å²) in [4.78, 5) is 2.39. The number of furan rings is 1. The Morgan fingerprint density at radius 2 is 1.08 bits per heavy atom. The summed E-state index contributed by atoms with van der Waals surface area (Å²) >= 11 is 1.86. The normalized spacial score (nSPS) is 11.7. The van der Waals surface area contributed by atoms with Gasteiger partial charge in [0.1, 0.15) is 11.2 Å². The van der Waals surface area contributed by atoms with E-state index in [9.17, 15) is 0 Å². The van der Waals surface area contributed by atoms with Gasteiger partial charge in [0.15, 0.2) is 0 Å². The van der Waals surface area contributed by atoms with Crippen molar-refractivity contribution in [2.75, 3.05) is 4.90 Å². The Kier molecular flexibility index (Phi) is 6.39. The second-order valence-corrected chi connectivity index (χ2v) is 13.6. The van der Waals surface area contributed by atoms with Gasteiger partial charge in [-0.2, -0.15) is 0 Å². The molecule has 10 aromatic rings. The monoisotopic (exact) mass is 643 g/mol. The summed E-state index contributed by atoms with van der Waals surface area (Å²) in [6.07, 6.45) is 0. The summed E-state index contributed by atoms with van der Waals surface area (Å²) in [5, 5.41) is 7.34. The van der Waals surface area contributed by atoms with E-state index in [1.54, 1.807) is 0 Å². The SMILES string of the molecule is c1ccc(N(c2ccc(-c3ccc4c(c3)sc3ccccc34)cc2)c2ccc3ccccc3c2)c(-c2cccc3oc4ccccc4c23)c1. The van der Waals surface area contributed by atoms with Crippen molar-refractivity contribution in [3.63, 3.8) is 0 Å². The highest BCUT2D eigenvalue weighted by molar-refractivity contribution is 7.25. The predicted octanol–water partition coefficient (Wildman–Crippen LogP) is 13.9. The summed E-state index contributed by atoms with van der Waals surface area (Å²) in [6, 6.07) is 63.3. The van der Waals surface area contributed by atoms with Gasteiger partial charge in [-0.15, -0.1) is 11.3 Å². The molecule has 8 aromatic carbocycles. The minimum Gasteiger partial charge on any atom is -0.456 e. The fourth-order valence-electron chi connectivity index (χ4n) is 7.35. The van der Waals surface area contributed by atoms with Crippen molar-refractivity contribution in [2.24, 2.45) is 0 Å². The van der Waals surface area contributed by atoms with E-state index in [4.69, 9.17) is 4.42 Å². The Morgan fingerprint density at radius 1 is 0.408 bits per heavy atom. The molecule has 0 bridgehead atoms. The van der Waals surface area contributed by atoms with Crippen LogP contribution in [0.15, 0.2) is 180 Å². The molecule has 0 saturated carbocycles. The summed E-state index contributed by atoms with van der Waals surface area (Å²) in [5.41, 5.74) is 9.82. The van der Waals surface area contributed by atoms with Crippen LogP contribution in [0, 0.1) is 0 Å². The van der Waals surface area contributed by atoms with Gasteiger partial charge in [0, 0.05) is 47.9 Å². The van der Waals surface area contributed by atoms with Gasteiger partial charge in [0.05, 0.1) is 5.69 Å². The van der Waals surface area contributed by atoms with Crippen LogP contribution in [0.3, 0.4) is 0 Å². The van der Waals surface area contributed by atoms with Crippen molar-refractivity contribution in [1.29, 1.82) is 0 Å². The average Bonchev–Trinajstić information content (AvgIpc) is 3.74. The Labute approximate surface area is 287 Å². The molecule has 0 unspecified atom stereocenters. The first-order valence-corrected chi connectivity index (χ1v) is 17.4. The molecule has 230 valence electrons. The lowest BCUT2D eigenvalue weighted by Crippen LogP contribution is -2.11. The van der Waals surface area contributed by atoms with Gasteiger partial charge >= 0.3 is 0 Å². The summed E-state index contributed by atoms with van der Waals surface area (Å²) in [7, 11) is 0. The molecule has 0 aliphatic rings. The lowest BCUT2D eigenvalue weighted by Gasteiger charge is -2.28. The van der Waals surface area contributed by atoms with Gasteiger partial charge < -0.3 is 9.32 Å². The number of rotatable bonds is 5. The van der Waals surface area contributed by atoms with E-state index in [1.807, 2.05) is 23.5 Å². The molecule has 2 aromatic heterocycles. The first-order chi connectivity index (χ1) is 24.3. The van der Waals surface area contributed by atoms with Crippen LogP contribution in [-0.4, -0.2) is 0 Å². The van der Waals surface area contributed by atoms with E-state index in [-0.39, 0.29) is 0 Å². The molecule has 0 atom stereocenters. The fourth-order valence-corrected chi connectivity index (χ4v) is 8.49. The highest BCUT2D eigenvalue weighted by Gasteiger charge is 2.20. The second-order valence-electron chi connectivity index (χ2n) is 12.5. The molecule has 10 rings (SSSR count). The number of hydrogen-bond donors (Lipinski definition) is 0. The molecule has 49 heavy (non-hydrogen) atoms. The van der Waals surface area contributed by atoms with Crippen molar-refractivity contribution in [2.45, 2.75) is 0 Å². The van der Waals surface area contributed by atoms with Gasteiger partial charge in [-0.3, -0.25) is 0 Å². The van der Waals surface area contributed by atoms with Gasteiger partial charge in [-0.05, 0) is 82.1 Å². The molecule has 0 spiro atoms. The number of para-hydroxylation sites is 2. The standard InChI is InChI=1S/C46H29NOS/c1-2-11-32-28-35(26-22-30(32)10-1)47(34-24-20-31(21-25-34)33-23-27-38-37-13-5-8-19-44(37)49-45(38)29-33)41-16-6-3-12-36(41)39-15-9-18-43-46(39)40-14-4-7-17-42(40)48-43/h1-29H. The first-order valence-electron chi connectivity index (χ1n) is 16.6. The first kappa shape index (κ1) is 27.9. The molecule has 0 amide bonds. The molecule has 0 aliphatic heterocycles. The Morgan fingerprint density at radius 3 is 2.00 bits per heavy atom. The maximum absolute atomic E-state index is 6.32. The van der Waals surface area contributed by atoms with Crippen LogP contribution in [-0.2, 0) is 0 Å². The number of benzene rings is 8. The van der Waals surface area contributed by atoms with Crippen LogP contribution < -0.4 is 4.90 Å². The van der Waals surface area contributed by atoms with E-state index in [1.165, 1.54) is 42.1 Å². The minimum absolute atomic E-state index is 0.894. The predicted molar refractivity (Wildman–Crippen MR) is 210 cm³/mol. The van der Waals surface area contributed by atoms with Crippen LogP contribution >= 0.6 is 11.3 Å². The molecule has 0 N–H and O–H groups in total. The minimum atomic E-state index is 0.894. The molecule has 0 fully saturated rings. The van der Waals surface area contributed by atoms with Crippen LogP contribution in [0.4, 0.5) is 17.1 Å². The number of thiophene rings is 1. The molecular weight excluding hydrogens is 615 g/mol. The maximum atomic E-state index is 6.32. The smallest absolute Gasteiger partial charge is 0.136 e. The van der Waals surface area contributed by atoms with Crippen molar-refractivity contribution < 1.29 is 4.42 Å². The lowest BCUT2D eigenvalue weighted by molar-refractivity contribution is 0.669. The molecule has 0 aliphatic carbocycles. The van der Waals surface area contributed by atoms with Crippen LogP contribution in [0.5, 0.6) is 0 Å². The topological polar surface area (TPSA) is 16.4 Å².